The van der Waals surface area contributed by atoms with Crippen LogP contribution in [0.4, 0.5) is 0 Å². The fourth-order valence-electron chi connectivity index (χ4n) is 0.730. The van der Waals surface area contributed by atoms with E-state index in [2.05, 4.69) is 0 Å². The molecule has 0 atom stereocenters. The number of nitriles is 2. The van der Waals surface area contributed by atoms with E-state index in [4.69, 9.17) is 10.5 Å². The van der Waals surface area contributed by atoms with E-state index in [0.717, 1.165) is 0 Å². The zero-order chi connectivity index (χ0) is 9.72. The van der Waals surface area contributed by atoms with Crippen LogP contribution in [-0.4, -0.2) is 38.0 Å². The Balaban J connectivity index is 5.10. The van der Waals surface area contributed by atoms with E-state index in [9.17, 15) is 0 Å². The van der Waals surface area contributed by atoms with Gasteiger partial charge in [-0.15, -0.1) is 0 Å². The largest absolute Gasteiger partial charge is 0.367 e. The third kappa shape index (κ3) is 2.17. The lowest BCUT2D eigenvalue weighted by Crippen LogP contribution is -2.19. The lowest BCUT2D eigenvalue weighted by atomic mass is 10.3. The molecule has 0 heterocycles. The minimum atomic E-state index is 0.377. The summed E-state index contributed by atoms with van der Waals surface area (Å²) in [6.07, 6.45) is 0. The third-order valence-corrected chi connectivity index (χ3v) is 1.33. The van der Waals surface area contributed by atoms with Gasteiger partial charge in [-0.05, 0) is 0 Å². The first-order valence-electron chi connectivity index (χ1n) is 3.43. The monoisotopic (exact) mass is 164 g/mol. The van der Waals surface area contributed by atoms with Crippen LogP contribution in [0.5, 0.6) is 0 Å². The highest BCUT2D eigenvalue weighted by molar-refractivity contribution is 5.33. The molecule has 4 nitrogen and oxygen atoms in total. The summed E-state index contributed by atoms with van der Waals surface area (Å²) in [6.45, 7) is 0. The molecule has 12 heavy (non-hydrogen) atoms. The van der Waals surface area contributed by atoms with Crippen LogP contribution in [0.25, 0.3) is 0 Å². The van der Waals surface area contributed by atoms with E-state index in [-0.39, 0.29) is 0 Å². The van der Waals surface area contributed by atoms with Crippen LogP contribution in [0.15, 0.2) is 11.4 Å². The molecule has 0 radical (unpaired) electrons. The fraction of sp³-hybridized carbons (Fsp3) is 0.500. The Hall–Kier alpha value is -1.68. The van der Waals surface area contributed by atoms with Gasteiger partial charge < -0.3 is 9.80 Å². The maximum atomic E-state index is 8.72. The van der Waals surface area contributed by atoms with Crippen LogP contribution < -0.4 is 0 Å². The lowest BCUT2D eigenvalue weighted by molar-refractivity contribution is 0.469. The van der Waals surface area contributed by atoms with Crippen molar-refractivity contribution in [3.8, 4) is 12.1 Å². The van der Waals surface area contributed by atoms with Crippen molar-refractivity contribution in [2.75, 3.05) is 28.2 Å². The van der Waals surface area contributed by atoms with Gasteiger partial charge in [0.25, 0.3) is 0 Å². The first kappa shape index (κ1) is 10.3. The van der Waals surface area contributed by atoms with Gasteiger partial charge in [0.05, 0.1) is 0 Å². The Morgan fingerprint density at radius 2 is 1.08 bits per heavy atom. The Kier molecular flexibility index (Phi) is 3.66. The fourth-order valence-corrected chi connectivity index (χ4v) is 0.730. The standard InChI is InChI=1S/C8H12N4/c1-11(2)7(5-9)8(6-10)12(3)4/h1-4H3. The Morgan fingerprint density at radius 3 is 1.17 bits per heavy atom. The van der Waals surface area contributed by atoms with Crippen LogP contribution in [0.3, 0.4) is 0 Å². The van der Waals surface area contributed by atoms with Gasteiger partial charge in [-0.1, -0.05) is 0 Å². The lowest BCUT2D eigenvalue weighted by Gasteiger charge is -2.17. The second-order valence-corrected chi connectivity index (χ2v) is 2.71. The zero-order valence-electron chi connectivity index (χ0n) is 7.79. The van der Waals surface area contributed by atoms with Crippen molar-refractivity contribution >= 4 is 0 Å². The molecule has 0 unspecified atom stereocenters. The number of rotatable bonds is 2. The highest BCUT2D eigenvalue weighted by atomic mass is 15.1. The van der Waals surface area contributed by atoms with Crippen LogP contribution in [0.2, 0.25) is 0 Å². The molecule has 0 aromatic rings. The van der Waals surface area contributed by atoms with Crippen LogP contribution in [-0.2, 0) is 0 Å². The molecule has 0 fully saturated rings. The Morgan fingerprint density at radius 1 is 0.833 bits per heavy atom. The van der Waals surface area contributed by atoms with Gasteiger partial charge >= 0.3 is 0 Å². The van der Waals surface area contributed by atoms with Gasteiger partial charge in [0.2, 0.25) is 0 Å². The molecule has 0 aliphatic heterocycles. The maximum Gasteiger partial charge on any atom is 0.150 e. The molecule has 0 saturated carbocycles. The van der Waals surface area contributed by atoms with Gasteiger partial charge in [0, 0.05) is 28.2 Å². The number of hydrogen-bond acceptors (Lipinski definition) is 4. The molecule has 0 saturated heterocycles. The highest BCUT2D eigenvalue weighted by Crippen LogP contribution is 2.07. The third-order valence-electron chi connectivity index (χ3n) is 1.33. The number of allylic oxidation sites excluding steroid dienone is 2. The molecule has 0 aromatic heterocycles. The van der Waals surface area contributed by atoms with E-state index in [0.29, 0.717) is 11.4 Å². The van der Waals surface area contributed by atoms with Crippen molar-refractivity contribution in [2.24, 2.45) is 0 Å². The van der Waals surface area contributed by atoms with Crippen molar-refractivity contribution in [1.29, 1.82) is 10.5 Å². The molecule has 0 aromatic carbocycles. The first-order valence-corrected chi connectivity index (χ1v) is 3.43. The zero-order valence-corrected chi connectivity index (χ0v) is 7.79. The summed E-state index contributed by atoms with van der Waals surface area (Å²) in [6, 6.07) is 3.95. The molecule has 64 valence electrons. The molecular weight excluding hydrogens is 152 g/mol. The molecule has 0 spiro atoms. The minimum absolute atomic E-state index is 0.377. The topological polar surface area (TPSA) is 54.1 Å². The van der Waals surface area contributed by atoms with E-state index < -0.39 is 0 Å². The average Bonchev–Trinajstić information content (AvgIpc) is 1.98. The normalized spacial score (nSPS) is 10.8. The van der Waals surface area contributed by atoms with E-state index in [1.165, 1.54) is 0 Å². The van der Waals surface area contributed by atoms with Crippen LogP contribution in [0.1, 0.15) is 0 Å². The van der Waals surface area contributed by atoms with E-state index in [1.54, 1.807) is 38.0 Å². The molecular formula is C8H12N4. The van der Waals surface area contributed by atoms with Crippen LogP contribution in [0, 0.1) is 22.7 Å². The Bertz CT molecular complexity index is 234. The Labute approximate surface area is 72.9 Å². The average molecular weight is 164 g/mol. The van der Waals surface area contributed by atoms with Crippen molar-refractivity contribution in [3.05, 3.63) is 11.4 Å². The SMILES string of the molecule is CN(C)C(C#N)=C(C#N)N(C)C. The van der Waals surface area contributed by atoms with Gasteiger partial charge in [-0.2, -0.15) is 10.5 Å². The predicted molar refractivity (Wildman–Crippen MR) is 45.6 cm³/mol. The van der Waals surface area contributed by atoms with Crippen molar-refractivity contribution in [2.45, 2.75) is 0 Å². The summed E-state index contributed by atoms with van der Waals surface area (Å²) in [7, 11) is 6.94. The molecule has 0 bridgehead atoms. The van der Waals surface area contributed by atoms with E-state index in [1.807, 2.05) is 12.1 Å². The first-order chi connectivity index (χ1) is 5.54. The molecule has 0 rings (SSSR count). The predicted octanol–water partition coefficient (Wildman–Crippen LogP) is 0.368. The second-order valence-electron chi connectivity index (χ2n) is 2.71. The highest BCUT2D eigenvalue weighted by Gasteiger charge is 2.09. The van der Waals surface area contributed by atoms with E-state index >= 15 is 0 Å². The molecule has 0 amide bonds. The molecule has 4 heteroatoms. The molecule has 0 aliphatic carbocycles. The summed E-state index contributed by atoms with van der Waals surface area (Å²) in [5.74, 6) is 0. The summed E-state index contributed by atoms with van der Waals surface area (Å²) in [4.78, 5) is 3.25. The molecule has 0 aliphatic rings. The molecule has 0 N–H and O–H groups in total. The van der Waals surface area contributed by atoms with Crippen molar-refractivity contribution < 1.29 is 0 Å². The van der Waals surface area contributed by atoms with Gasteiger partial charge in [-0.3, -0.25) is 0 Å². The minimum Gasteiger partial charge on any atom is -0.367 e. The summed E-state index contributed by atoms with van der Waals surface area (Å²) in [5.41, 5.74) is 0.755. The van der Waals surface area contributed by atoms with Gasteiger partial charge in [-0.25, -0.2) is 0 Å². The van der Waals surface area contributed by atoms with Crippen molar-refractivity contribution in [3.63, 3.8) is 0 Å². The van der Waals surface area contributed by atoms with Crippen molar-refractivity contribution in [1.82, 2.24) is 9.80 Å². The van der Waals surface area contributed by atoms with Gasteiger partial charge in [0.15, 0.2) is 0 Å². The second kappa shape index (κ2) is 4.25. The smallest absolute Gasteiger partial charge is 0.150 e. The number of hydrogen-bond donors (Lipinski definition) is 0. The maximum absolute atomic E-state index is 8.72. The summed E-state index contributed by atoms with van der Waals surface area (Å²) >= 11 is 0. The quantitative estimate of drug-likeness (QED) is 0.553. The summed E-state index contributed by atoms with van der Waals surface area (Å²) < 4.78 is 0. The number of nitrogens with zero attached hydrogens (tertiary/aromatic N) is 4. The van der Waals surface area contributed by atoms with Crippen LogP contribution >= 0.6 is 0 Å². The summed E-state index contributed by atoms with van der Waals surface area (Å²) in [5, 5.41) is 17.4. The van der Waals surface area contributed by atoms with Gasteiger partial charge in [0.1, 0.15) is 23.5 Å².